The quantitative estimate of drug-likeness (QED) is 0.810. The molecule has 4 saturated carbocycles. The van der Waals surface area contributed by atoms with E-state index in [1.54, 1.807) is 12.1 Å². The highest BCUT2D eigenvalue weighted by Gasteiger charge is 2.51. The average molecular weight is 365 g/mol. The first kappa shape index (κ1) is 18.0. The van der Waals surface area contributed by atoms with Crippen molar-refractivity contribution in [1.29, 1.82) is 5.26 Å². The number of amides is 2. The highest BCUT2D eigenvalue weighted by molar-refractivity contribution is 5.94. The lowest BCUT2D eigenvalue weighted by atomic mass is 9.49. The summed E-state index contributed by atoms with van der Waals surface area (Å²) in [5.74, 6) is 2.28. The summed E-state index contributed by atoms with van der Waals surface area (Å²) >= 11 is 0. The summed E-state index contributed by atoms with van der Waals surface area (Å²) in [7, 11) is 0. The third-order valence-corrected chi connectivity index (χ3v) is 6.67. The molecule has 0 saturated heterocycles. The Bertz CT molecular complexity index is 727. The molecule has 142 valence electrons. The Morgan fingerprint density at radius 1 is 1.00 bits per heavy atom. The van der Waals surface area contributed by atoms with Crippen LogP contribution in [0.3, 0.4) is 0 Å². The zero-order chi connectivity index (χ0) is 18.9. The van der Waals surface area contributed by atoms with Crippen molar-refractivity contribution in [1.82, 2.24) is 5.32 Å². The standard InChI is InChI=1S/C22H27N3O2/c23-6-5-15-1-3-19(4-2-15)25-21(27)14-24-20(26)13-22-10-16-7-17(11-22)9-18(8-16)12-22/h1-4,16-18H,5,7-14H2,(H,24,26)(H,25,27). The van der Waals surface area contributed by atoms with Gasteiger partial charge in [-0.3, -0.25) is 9.59 Å². The fraction of sp³-hybridized carbons (Fsp3) is 0.591. The summed E-state index contributed by atoms with van der Waals surface area (Å²) in [5.41, 5.74) is 1.79. The summed E-state index contributed by atoms with van der Waals surface area (Å²) in [6.07, 6.45) is 8.65. The van der Waals surface area contributed by atoms with Crippen molar-refractivity contribution < 1.29 is 9.59 Å². The number of nitrogens with one attached hydrogen (secondary N) is 2. The first-order valence-corrected chi connectivity index (χ1v) is 10.1. The Balaban J connectivity index is 1.24. The third kappa shape index (κ3) is 4.16. The molecule has 5 nitrogen and oxygen atoms in total. The molecule has 5 heteroatoms. The minimum Gasteiger partial charge on any atom is -0.347 e. The van der Waals surface area contributed by atoms with Gasteiger partial charge in [-0.25, -0.2) is 0 Å². The van der Waals surface area contributed by atoms with Gasteiger partial charge in [-0.15, -0.1) is 0 Å². The molecule has 4 aliphatic carbocycles. The molecule has 1 aromatic carbocycles. The van der Waals surface area contributed by atoms with Crippen LogP contribution in [0.2, 0.25) is 0 Å². The van der Waals surface area contributed by atoms with Crippen LogP contribution >= 0.6 is 0 Å². The summed E-state index contributed by atoms with van der Waals surface area (Å²) in [6, 6.07) is 9.30. The van der Waals surface area contributed by atoms with Gasteiger partial charge in [0.2, 0.25) is 11.8 Å². The van der Waals surface area contributed by atoms with Gasteiger partial charge in [0, 0.05) is 12.1 Å². The Labute approximate surface area is 160 Å². The molecule has 2 amide bonds. The van der Waals surface area contributed by atoms with Crippen molar-refractivity contribution in [3.63, 3.8) is 0 Å². The number of hydrogen-bond donors (Lipinski definition) is 2. The van der Waals surface area contributed by atoms with Gasteiger partial charge in [0.25, 0.3) is 0 Å². The van der Waals surface area contributed by atoms with Gasteiger partial charge < -0.3 is 10.6 Å². The third-order valence-electron chi connectivity index (χ3n) is 6.67. The minimum absolute atomic E-state index is 0.00511. The molecule has 0 aromatic heterocycles. The fourth-order valence-corrected chi connectivity index (χ4v) is 6.09. The zero-order valence-electron chi connectivity index (χ0n) is 15.7. The maximum atomic E-state index is 12.5. The van der Waals surface area contributed by atoms with E-state index in [0.29, 0.717) is 18.5 Å². The highest BCUT2D eigenvalue weighted by Crippen LogP contribution is 2.61. The Kier molecular flexibility index (Phi) is 4.90. The Hall–Kier alpha value is -2.35. The van der Waals surface area contributed by atoms with Crippen LogP contribution in [0, 0.1) is 34.5 Å². The Morgan fingerprint density at radius 2 is 1.59 bits per heavy atom. The molecule has 5 rings (SSSR count). The maximum absolute atomic E-state index is 12.5. The van der Waals surface area contributed by atoms with E-state index in [1.807, 2.05) is 12.1 Å². The molecule has 4 fully saturated rings. The van der Waals surface area contributed by atoms with Gasteiger partial charge in [-0.1, -0.05) is 12.1 Å². The van der Waals surface area contributed by atoms with Crippen molar-refractivity contribution in [3.8, 4) is 6.07 Å². The maximum Gasteiger partial charge on any atom is 0.243 e. The van der Waals surface area contributed by atoms with E-state index >= 15 is 0 Å². The van der Waals surface area contributed by atoms with Gasteiger partial charge in [-0.2, -0.15) is 5.26 Å². The molecular formula is C22H27N3O2. The number of hydrogen-bond acceptors (Lipinski definition) is 3. The lowest BCUT2D eigenvalue weighted by molar-refractivity contribution is -0.131. The van der Waals surface area contributed by atoms with Crippen LogP contribution in [0.15, 0.2) is 24.3 Å². The van der Waals surface area contributed by atoms with Crippen molar-refractivity contribution >= 4 is 17.5 Å². The number of nitrogens with zero attached hydrogens (tertiary/aromatic N) is 1. The van der Waals surface area contributed by atoms with Crippen molar-refractivity contribution in [2.75, 3.05) is 11.9 Å². The molecule has 1 aromatic rings. The number of rotatable bonds is 6. The van der Waals surface area contributed by atoms with Crippen molar-refractivity contribution in [2.45, 2.75) is 51.4 Å². The Morgan fingerprint density at radius 3 is 2.15 bits per heavy atom. The van der Waals surface area contributed by atoms with Gasteiger partial charge in [0.15, 0.2) is 0 Å². The predicted octanol–water partition coefficient (Wildman–Crippen LogP) is 3.41. The lowest BCUT2D eigenvalue weighted by Gasteiger charge is -2.56. The topological polar surface area (TPSA) is 82.0 Å². The van der Waals surface area contributed by atoms with Crippen LogP contribution in [0.5, 0.6) is 0 Å². The number of nitriles is 1. The minimum atomic E-state index is -0.220. The van der Waals surface area contributed by atoms with Crippen molar-refractivity contribution in [3.05, 3.63) is 29.8 Å². The van der Waals surface area contributed by atoms with Gasteiger partial charge >= 0.3 is 0 Å². The number of benzene rings is 1. The lowest BCUT2D eigenvalue weighted by Crippen LogP contribution is -2.48. The van der Waals surface area contributed by atoms with E-state index in [9.17, 15) is 9.59 Å². The highest BCUT2D eigenvalue weighted by atomic mass is 16.2. The van der Waals surface area contributed by atoms with E-state index in [0.717, 1.165) is 23.3 Å². The second-order valence-corrected chi connectivity index (χ2v) is 8.95. The smallest absolute Gasteiger partial charge is 0.243 e. The summed E-state index contributed by atoms with van der Waals surface area (Å²) in [6.45, 7) is 0.00511. The first-order valence-electron chi connectivity index (χ1n) is 10.1. The van der Waals surface area contributed by atoms with Gasteiger partial charge in [0.05, 0.1) is 19.0 Å². The van der Waals surface area contributed by atoms with E-state index in [-0.39, 0.29) is 23.8 Å². The van der Waals surface area contributed by atoms with Crippen LogP contribution in [0.1, 0.15) is 50.5 Å². The average Bonchev–Trinajstić information content (AvgIpc) is 2.60. The molecule has 4 aliphatic rings. The van der Waals surface area contributed by atoms with Gasteiger partial charge in [0.1, 0.15) is 0 Å². The summed E-state index contributed by atoms with van der Waals surface area (Å²) < 4.78 is 0. The van der Waals surface area contributed by atoms with Crippen LogP contribution in [-0.2, 0) is 16.0 Å². The molecule has 0 atom stereocenters. The molecule has 0 heterocycles. The first-order chi connectivity index (χ1) is 13.0. The number of carbonyl (C=O) groups excluding carboxylic acids is 2. The normalized spacial score (nSPS) is 30.6. The molecular weight excluding hydrogens is 338 g/mol. The van der Waals surface area contributed by atoms with Crippen LogP contribution in [0.25, 0.3) is 0 Å². The molecule has 4 bridgehead atoms. The number of carbonyl (C=O) groups is 2. The van der Waals surface area contributed by atoms with E-state index < -0.39 is 0 Å². The van der Waals surface area contributed by atoms with E-state index in [4.69, 9.17) is 5.26 Å². The SMILES string of the molecule is N#CCc1ccc(NC(=O)CNC(=O)CC23CC4CC(CC(C4)C2)C3)cc1. The monoisotopic (exact) mass is 365 g/mol. The second kappa shape index (κ2) is 7.34. The molecule has 0 spiro atoms. The van der Waals surface area contributed by atoms with Crippen molar-refractivity contribution in [2.24, 2.45) is 23.2 Å². The predicted molar refractivity (Wildman–Crippen MR) is 103 cm³/mol. The number of anilines is 1. The molecule has 27 heavy (non-hydrogen) atoms. The molecule has 0 unspecified atom stereocenters. The van der Waals surface area contributed by atoms with E-state index in [2.05, 4.69) is 16.7 Å². The summed E-state index contributed by atoms with van der Waals surface area (Å²) in [4.78, 5) is 24.6. The summed E-state index contributed by atoms with van der Waals surface area (Å²) in [5, 5.41) is 14.3. The molecule has 0 radical (unpaired) electrons. The molecule has 2 N–H and O–H groups in total. The van der Waals surface area contributed by atoms with Crippen LogP contribution < -0.4 is 10.6 Å². The fourth-order valence-electron chi connectivity index (χ4n) is 6.09. The van der Waals surface area contributed by atoms with Crippen LogP contribution in [0.4, 0.5) is 5.69 Å². The van der Waals surface area contributed by atoms with Gasteiger partial charge in [-0.05, 0) is 79.4 Å². The van der Waals surface area contributed by atoms with E-state index in [1.165, 1.54) is 38.5 Å². The van der Waals surface area contributed by atoms with Crippen LogP contribution in [-0.4, -0.2) is 18.4 Å². The zero-order valence-corrected chi connectivity index (χ0v) is 15.7. The molecule has 0 aliphatic heterocycles. The second-order valence-electron chi connectivity index (χ2n) is 8.95. The largest absolute Gasteiger partial charge is 0.347 e.